The molecule has 2 aromatic carbocycles. The van der Waals surface area contributed by atoms with Gasteiger partial charge in [-0.15, -0.1) is 0 Å². The molecule has 0 bridgehead atoms. The SMILES string of the molecule is c1ccc2[nH]ncc2c1.c1ccc2c(c1)OCO2. The van der Waals surface area contributed by atoms with Gasteiger partial charge in [0.15, 0.2) is 11.5 Å². The fourth-order valence-corrected chi connectivity index (χ4v) is 1.73. The first-order chi connectivity index (χ1) is 8.93. The highest BCUT2D eigenvalue weighted by atomic mass is 16.7. The quantitative estimate of drug-likeness (QED) is 0.657. The van der Waals surface area contributed by atoms with E-state index in [2.05, 4.69) is 10.2 Å². The molecule has 0 fully saturated rings. The van der Waals surface area contributed by atoms with E-state index >= 15 is 0 Å². The molecule has 0 radical (unpaired) electrons. The van der Waals surface area contributed by atoms with Crippen LogP contribution in [0.1, 0.15) is 0 Å². The zero-order valence-electron chi connectivity index (χ0n) is 9.67. The normalized spacial score (nSPS) is 12.0. The molecule has 4 heteroatoms. The van der Waals surface area contributed by atoms with Crippen LogP contribution in [-0.4, -0.2) is 17.0 Å². The van der Waals surface area contributed by atoms with Crippen molar-refractivity contribution in [1.29, 1.82) is 0 Å². The molecule has 4 nitrogen and oxygen atoms in total. The van der Waals surface area contributed by atoms with Crippen LogP contribution in [-0.2, 0) is 0 Å². The van der Waals surface area contributed by atoms with E-state index in [1.165, 1.54) is 0 Å². The van der Waals surface area contributed by atoms with Crippen molar-refractivity contribution in [2.24, 2.45) is 0 Å². The zero-order chi connectivity index (χ0) is 12.2. The van der Waals surface area contributed by atoms with E-state index < -0.39 is 0 Å². The van der Waals surface area contributed by atoms with Crippen LogP contribution in [0.2, 0.25) is 0 Å². The first-order valence-corrected chi connectivity index (χ1v) is 5.66. The van der Waals surface area contributed by atoms with Gasteiger partial charge in [-0.25, -0.2) is 0 Å². The molecule has 0 unspecified atom stereocenters. The molecule has 1 aliphatic rings. The maximum atomic E-state index is 5.08. The van der Waals surface area contributed by atoms with Crippen LogP contribution in [0.4, 0.5) is 0 Å². The number of nitrogens with zero attached hydrogens (tertiary/aromatic N) is 1. The molecule has 0 saturated heterocycles. The first-order valence-electron chi connectivity index (χ1n) is 5.66. The molecule has 0 atom stereocenters. The van der Waals surface area contributed by atoms with Crippen molar-refractivity contribution in [3.63, 3.8) is 0 Å². The summed E-state index contributed by atoms with van der Waals surface area (Å²) in [7, 11) is 0. The molecule has 1 N–H and O–H groups in total. The van der Waals surface area contributed by atoms with Crippen LogP contribution < -0.4 is 9.47 Å². The molecule has 1 aliphatic heterocycles. The second kappa shape index (κ2) is 4.79. The number of hydrogen-bond donors (Lipinski definition) is 1. The number of fused-ring (bicyclic) bond motifs is 2. The molecule has 0 aliphatic carbocycles. The van der Waals surface area contributed by atoms with Gasteiger partial charge in [0.25, 0.3) is 0 Å². The fraction of sp³-hybridized carbons (Fsp3) is 0.0714. The topological polar surface area (TPSA) is 47.1 Å². The van der Waals surface area contributed by atoms with Crippen molar-refractivity contribution in [3.8, 4) is 11.5 Å². The summed E-state index contributed by atoms with van der Waals surface area (Å²) >= 11 is 0. The molecular weight excluding hydrogens is 228 g/mol. The monoisotopic (exact) mass is 240 g/mol. The lowest BCUT2D eigenvalue weighted by Crippen LogP contribution is -1.92. The Morgan fingerprint density at radius 3 is 2.28 bits per heavy atom. The molecule has 0 amide bonds. The van der Waals surface area contributed by atoms with E-state index in [9.17, 15) is 0 Å². The molecule has 90 valence electrons. The number of aromatic nitrogens is 2. The lowest BCUT2D eigenvalue weighted by molar-refractivity contribution is 0.174. The number of hydrogen-bond acceptors (Lipinski definition) is 3. The van der Waals surface area contributed by atoms with Crippen molar-refractivity contribution < 1.29 is 9.47 Å². The Morgan fingerprint density at radius 2 is 1.56 bits per heavy atom. The Bertz CT molecular complexity index is 596. The molecule has 0 saturated carbocycles. The Hall–Kier alpha value is -2.49. The second-order valence-electron chi connectivity index (χ2n) is 3.81. The van der Waals surface area contributed by atoms with Crippen LogP contribution in [0.15, 0.2) is 54.7 Å². The molecule has 3 aromatic rings. The standard InChI is InChI=1S/C7H6N2.C7H6O2/c1-2-4-7-6(3-1)5-8-9-7;1-2-4-7-6(3-1)8-5-9-7/h1-5H,(H,8,9);1-4H,5H2. The smallest absolute Gasteiger partial charge is 0.231 e. The Labute approximate surface area is 104 Å². The van der Waals surface area contributed by atoms with Crippen molar-refractivity contribution in [2.45, 2.75) is 0 Å². The maximum Gasteiger partial charge on any atom is 0.231 e. The molecule has 4 rings (SSSR count). The van der Waals surface area contributed by atoms with Gasteiger partial charge in [0.1, 0.15) is 0 Å². The first kappa shape index (κ1) is 10.7. The van der Waals surface area contributed by atoms with Gasteiger partial charge in [-0.05, 0) is 18.2 Å². The number of aromatic amines is 1. The van der Waals surface area contributed by atoms with Gasteiger partial charge < -0.3 is 9.47 Å². The van der Waals surface area contributed by atoms with E-state index in [4.69, 9.17) is 9.47 Å². The third kappa shape index (κ3) is 2.13. The average Bonchev–Trinajstić information content (AvgIpc) is 3.08. The van der Waals surface area contributed by atoms with Crippen molar-refractivity contribution in [3.05, 3.63) is 54.7 Å². The Balaban J connectivity index is 0.000000111. The van der Waals surface area contributed by atoms with Crippen LogP contribution in [0.5, 0.6) is 11.5 Å². The molecule has 0 spiro atoms. The number of H-pyrrole nitrogens is 1. The van der Waals surface area contributed by atoms with E-state index in [1.54, 1.807) is 0 Å². The molecule has 1 aromatic heterocycles. The molecule has 18 heavy (non-hydrogen) atoms. The summed E-state index contributed by atoms with van der Waals surface area (Å²) < 4.78 is 10.2. The second-order valence-corrected chi connectivity index (χ2v) is 3.81. The number of rotatable bonds is 0. The number of para-hydroxylation sites is 3. The van der Waals surface area contributed by atoms with Gasteiger partial charge in [-0.3, -0.25) is 5.10 Å². The van der Waals surface area contributed by atoms with Gasteiger partial charge in [0.2, 0.25) is 6.79 Å². The predicted octanol–water partition coefficient (Wildman–Crippen LogP) is 2.98. The fourth-order valence-electron chi connectivity index (χ4n) is 1.73. The van der Waals surface area contributed by atoms with E-state index in [1.807, 2.05) is 54.7 Å². The van der Waals surface area contributed by atoms with Crippen LogP contribution >= 0.6 is 0 Å². The minimum atomic E-state index is 0.360. The number of benzene rings is 2. The average molecular weight is 240 g/mol. The van der Waals surface area contributed by atoms with Crippen molar-refractivity contribution >= 4 is 10.9 Å². The highest BCUT2D eigenvalue weighted by Crippen LogP contribution is 2.30. The summed E-state index contributed by atoms with van der Waals surface area (Å²) in [5.74, 6) is 1.69. The number of ether oxygens (including phenoxy) is 2. The Kier molecular flexibility index (Phi) is 2.84. The third-order valence-electron chi connectivity index (χ3n) is 2.63. The third-order valence-corrected chi connectivity index (χ3v) is 2.63. The Morgan fingerprint density at radius 1 is 0.889 bits per heavy atom. The summed E-state index contributed by atoms with van der Waals surface area (Å²) in [5.41, 5.74) is 1.09. The largest absolute Gasteiger partial charge is 0.454 e. The minimum absolute atomic E-state index is 0.360. The lowest BCUT2D eigenvalue weighted by atomic mass is 10.3. The molecule has 2 heterocycles. The van der Waals surface area contributed by atoms with Crippen molar-refractivity contribution in [1.82, 2.24) is 10.2 Å². The van der Waals surface area contributed by atoms with Gasteiger partial charge in [-0.1, -0.05) is 30.3 Å². The van der Waals surface area contributed by atoms with Gasteiger partial charge >= 0.3 is 0 Å². The van der Waals surface area contributed by atoms with Crippen molar-refractivity contribution in [2.75, 3.05) is 6.79 Å². The van der Waals surface area contributed by atoms with Gasteiger partial charge in [-0.2, -0.15) is 5.10 Å². The van der Waals surface area contributed by atoms with Crippen LogP contribution in [0, 0.1) is 0 Å². The minimum Gasteiger partial charge on any atom is -0.454 e. The highest BCUT2D eigenvalue weighted by molar-refractivity contribution is 5.77. The van der Waals surface area contributed by atoms with E-state index in [-0.39, 0.29) is 0 Å². The predicted molar refractivity (Wildman–Crippen MR) is 68.7 cm³/mol. The summed E-state index contributed by atoms with van der Waals surface area (Å²) in [6.45, 7) is 0.360. The summed E-state index contributed by atoms with van der Waals surface area (Å²) in [4.78, 5) is 0. The van der Waals surface area contributed by atoms with Gasteiger partial charge in [0.05, 0.1) is 11.7 Å². The van der Waals surface area contributed by atoms with E-state index in [0.29, 0.717) is 6.79 Å². The molecular formula is C14H12N2O2. The van der Waals surface area contributed by atoms with Gasteiger partial charge in [0, 0.05) is 5.39 Å². The van der Waals surface area contributed by atoms with Crippen LogP contribution in [0.25, 0.3) is 10.9 Å². The lowest BCUT2D eigenvalue weighted by Gasteiger charge is -1.89. The van der Waals surface area contributed by atoms with Crippen LogP contribution in [0.3, 0.4) is 0 Å². The number of nitrogens with one attached hydrogen (secondary N) is 1. The maximum absolute atomic E-state index is 5.08. The highest BCUT2D eigenvalue weighted by Gasteiger charge is 2.09. The summed E-state index contributed by atoms with van der Waals surface area (Å²) in [6.07, 6.45) is 1.81. The zero-order valence-corrected chi connectivity index (χ0v) is 9.67. The van der Waals surface area contributed by atoms with E-state index in [0.717, 1.165) is 22.4 Å². The summed E-state index contributed by atoms with van der Waals surface area (Å²) in [6, 6.07) is 15.6. The summed E-state index contributed by atoms with van der Waals surface area (Å²) in [5, 5.41) is 7.91.